The smallest absolute Gasteiger partial charge is 0.324 e. The first-order valence-electron chi connectivity index (χ1n) is 10.7. The quantitative estimate of drug-likeness (QED) is 0.322. The number of halogens is 1. The summed E-state index contributed by atoms with van der Waals surface area (Å²) in [5, 5.41) is 6.22. The normalized spacial score (nSPS) is 27.2. The molecule has 2 fully saturated rings. The Morgan fingerprint density at radius 2 is 2.09 bits per heavy atom. The first-order chi connectivity index (χ1) is 15.2. The third kappa shape index (κ3) is 4.49. The van der Waals surface area contributed by atoms with Crippen LogP contribution in [0.4, 0.5) is 10.8 Å². The molecule has 0 radical (unpaired) electrons. The number of nitrogens with zero attached hydrogens (tertiary/aromatic N) is 1. The molecule has 172 valence electrons. The summed E-state index contributed by atoms with van der Waals surface area (Å²) < 4.78 is 16.9. The highest BCUT2D eigenvalue weighted by Crippen LogP contribution is 2.52. The van der Waals surface area contributed by atoms with Crippen molar-refractivity contribution in [1.82, 2.24) is 4.98 Å². The highest BCUT2D eigenvalue weighted by molar-refractivity contribution is 7.13. The zero-order valence-corrected chi connectivity index (χ0v) is 19.9. The summed E-state index contributed by atoms with van der Waals surface area (Å²) in [7, 11) is 0. The first-order valence-corrected chi connectivity index (χ1v) is 12.0. The number of cyclic esters (lactones) is 2. The van der Waals surface area contributed by atoms with E-state index in [9.17, 15) is 9.59 Å². The van der Waals surface area contributed by atoms with E-state index in [-0.39, 0.29) is 19.4 Å². The molecule has 9 heteroatoms. The lowest BCUT2D eigenvalue weighted by Crippen LogP contribution is -2.32. The Morgan fingerprint density at radius 3 is 2.84 bits per heavy atom. The van der Waals surface area contributed by atoms with Gasteiger partial charge < -0.3 is 19.5 Å². The lowest BCUT2D eigenvalue weighted by Gasteiger charge is -2.20. The number of esters is 2. The van der Waals surface area contributed by atoms with Gasteiger partial charge in [-0.3, -0.25) is 9.59 Å². The Kier molecular flexibility index (Phi) is 6.47. The second kappa shape index (κ2) is 9.00. The molecule has 7 nitrogen and oxygen atoms in total. The van der Waals surface area contributed by atoms with Crippen LogP contribution in [0.25, 0.3) is 0 Å². The SMILES string of the molecule is CC(C)CCOC[C@@H]1C[C@@]2(C[C@@](C)(c3csc(Nc4ccccc4Cl)n3)OC2=O)C(=O)O1. The van der Waals surface area contributed by atoms with Gasteiger partial charge in [0.2, 0.25) is 0 Å². The number of anilines is 2. The van der Waals surface area contributed by atoms with Crippen molar-refractivity contribution in [3.05, 3.63) is 40.4 Å². The van der Waals surface area contributed by atoms with Crippen LogP contribution in [-0.4, -0.2) is 36.2 Å². The Morgan fingerprint density at radius 1 is 1.31 bits per heavy atom. The predicted octanol–water partition coefficient (Wildman–Crippen LogP) is 5.07. The van der Waals surface area contributed by atoms with Gasteiger partial charge in [-0.05, 0) is 31.4 Å². The molecule has 4 rings (SSSR count). The molecule has 2 aromatic rings. The summed E-state index contributed by atoms with van der Waals surface area (Å²) in [6.45, 7) is 6.91. The maximum absolute atomic E-state index is 12.9. The largest absolute Gasteiger partial charge is 0.459 e. The number of carbonyl (C=O) groups excluding carboxylic acids is 2. The minimum absolute atomic E-state index is 0.190. The minimum atomic E-state index is -1.30. The molecule has 1 aromatic carbocycles. The summed E-state index contributed by atoms with van der Waals surface area (Å²) >= 11 is 7.59. The highest BCUT2D eigenvalue weighted by atomic mass is 35.5. The summed E-state index contributed by atoms with van der Waals surface area (Å²) in [6, 6.07) is 7.37. The van der Waals surface area contributed by atoms with Crippen LogP contribution in [0.2, 0.25) is 5.02 Å². The molecule has 2 saturated heterocycles. The fraction of sp³-hybridized carbons (Fsp3) is 0.522. The first kappa shape index (κ1) is 23.0. The molecule has 1 spiro atoms. The van der Waals surface area contributed by atoms with Crippen molar-refractivity contribution in [1.29, 1.82) is 0 Å². The average Bonchev–Trinajstić information content (AvgIpc) is 3.39. The van der Waals surface area contributed by atoms with Gasteiger partial charge in [0.25, 0.3) is 0 Å². The number of benzene rings is 1. The van der Waals surface area contributed by atoms with Gasteiger partial charge in [0.1, 0.15) is 6.10 Å². The fourth-order valence-electron chi connectivity index (χ4n) is 4.10. The molecule has 0 amide bonds. The lowest BCUT2D eigenvalue weighted by atomic mass is 9.78. The third-order valence-corrected chi connectivity index (χ3v) is 6.98. The van der Waals surface area contributed by atoms with E-state index in [2.05, 4.69) is 24.1 Å². The fourth-order valence-corrected chi connectivity index (χ4v) is 5.12. The number of nitrogens with one attached hydrogen (secondary N) is 1. The molecule has 1 N–H and O–H groups in total. The van der Waals surface area contributed by atoms with Gasteiger partial charge in [-0.25, -0.2) is 4.98 Å². The number of rotatable bonds is 8. The van der Waals surface area contributed by atoms with Crippen LogP contribution in [0, 0.1) is 11.3 Å². The molecule has 0 bridgehead atoms. The molecule has 32 heavy (non-hydrogen) atoms. The van der Waals surface area contributed by atoms with Crippen LogP contribution < -0.4 is 5.32 Å². The molecule has 3 atom stereocenters. The molecule has 3 heterocycles. The maximum Gasteiger partial charge on any atom is 0.324 e. The molecule has 0 aliphatic carbocycles. The number of hydrogen-bond acceptors (Lipinski definition) is 8. The summed E-state index contributed by atoms with van der Waals surface area (Å²) in [5.74, 6) is -0.551. The van der Waals surface area contributed by atoms with Crippen LogP contribution in [0.3, 0.4) is 0 Å². The standard InChI is InChI=1S/C23H27ClN2O5S/c1-14(2)8-9-29-11-15-10-23(19(27)30-15)13-22(3,31-20(23)28)18-12-32-21(26-18)25-17-7-5-4-6-16(17)24/h4-7,12,14-15H,8-11,13H2,1-3H3,(H,25,26)/t15-,22-,23+/m0/s1. The zero-order chi connectivity index (χ0) is 22.9. The highest BCUT2D eigenvalue weighted by Gasteiger charge is 2.65. The number of ether oxygens (including phenoxy) is 3. The van der Waals surface area contributed by atoms with Crippen molar-refractivity contribution >= 4 is 45.7 Å². The monoisotopic (exact) mass is 478 g/mol. The van der Waals surface area contributed by atoms with Crippen molar-refractivity contribution in [2.75, 3.05) is 18.5 Å². The second-order valence-electron chi connectivity index (χ2n) is 9.01. The van der Waals surface area contributed by atoms with Crippen molar-refractivity contribution < 1.29 is 23.8 Å². The van der Waals surface area contributed by atoms with Crippen molar-refractivity contribution in [3.63, 3.8) is 0 Å². The third-order valence-electron chi connectivity index (χ3n) is 5.89. The van der Waals surface area contributed by atoms with Gasteiger partial charge in [-0.15, -0.1) is 11.3 Å². The summed E-state index contributed by atoms with van der Waals surface area (Å²) in [4.78, 5) is 30.2. The van der Waals surface area contributed by atoms with Crippen LogP contribution in [0.15, 0.2) is 29.6 Å². The van der Waals surface area contributed by atoms with E-state index < -0.39 is 29.1 Å². The van der Waals surface area contributed by atoms with E-state index in [4.69, 9.17) is 25.8 Å². The van der Waals surface area contributed by atoms with Crippen molar-refractivity contribution in [2.45, 2.75) is 51.7 Å². The number of hydrogen-bond donors (Lipinski definition) is 1. The molecule has 2 aliphatic rings. The predicted molar refractivity (Wildman–Crippen MR) is 122 cm³/mol. The Hall–Kier alpha value is -2.16. The lowest BCUT2D eigenvalue weighted by molar-refractivity contribution is -0.160. The maximum atomic E-state index is 12.9. The van der Waals surface area contributed by atoms with E-state index >= 15 is 0 Å². The number of carbonyl (C=O) groups is 2. The van der Waals surface area contributed by atoms with E-state index in [0.29, 0.717) is 28.4 Å². The Bertz CT molecular complexity index is 1010. The number of para-hydroxylation sites is 1. The van der Waals surface area contributed by atoms with Crippen molar-refractivity contribution in [3.8, 4) is 0 Å². The molecule has 0 saturated carbocycles. The topological polar surface area (TPSA) is 86.8 Å². The Labute approximate surface area is 196 Å². The number of aromatic nitrogens is 1. The molecule has 0 unspecified atom stereocenters. The molecular formula is C23H27ClN2O5S. The summed E-state index contributed by atoms with van der Waals surface area (Å²) in [5.41, 5.74) is -0.993. The molecular weight excluding hydrogens is 452 g/mol. The second-order valence-corrected chi connectivity index (χ2v) is 10.3. The van der Waals surface area contributed by atoms with Crippen LogP contribution >= 0.6 is 22.9 Å². The minimum Gasteiger partial charge on any atom is -0.459 e. The van der Waals surface area contributed by atoms with E-state index in [0.717, 1.165) is 12.1 Å². The van der Waals surface area contributed by atoms with Gasteiger partial charge in [-0.2, -0.15) is 0 Å². The van der Waals surface area contributed by atoms with Crippen molar-refractivity contribution in [2.24, 2.45) is 11.3 Å². The van der Waals surface area contributed by atoms with Crippen LogP contribution in [0.1, 0.15) is 45.7 Å². The van der Waals surface area contributed by atoms with Crippen LogP contribution in [0.5, 0.6) is 0 Å². The summed E-state index contributed by atoms with van der Waals surface area (Å²) in [6.07, 6.45) is 0.935. The number of thiazole rings is 1. The van der Waals surface area contributed by atoms with Gasteiger partial charge >= 0.3 is 11.9 Å². The molecule has 1 aromatic heterocycles. The van der Waals surface area contributed by atoms with Gasteiger partial charge in [0.15, 0.2) is 16.1 Å². The van der Waals surface area contributed by atoms with E-state index in [1.54, 1.807) is 13.0 Å². The van der Waals surface area contributed by atoms with Gasteiger partial charge in [0, 0.05) is 24.8 Å². The van der Waals surface area contributed by atoms with Crippen LogP contribution in [-0.2, 0) is 29.4 Å². The zero-order valence-electron chi connectivity index (χ0n) is 18.4. The average molecular weight is 479 g/mol. The van der Waals surface area contributed by atoms with E-state index in [1.165, 1.54) is 11.3 Å². The van der Waals surface area contributed by atoms with Gasteiger partial charge in [0.05, 0.1) is 23.0 Å². The van der Waals surface area contributed by atoms with Gasteiger partial charge in [-0.1, -0.05) is 37.6 Å². The molecule has 2 aliphatic heterocycles. The van der Waals surface area contributed by atoms with E-state index in [1.807, 2.05) is 23.6 Å². The Balaban J connectivity index is 1.44.